The maximum absolute atomic E-state index is 11.7. The summed E-state index contributed by atoms with van der Waals surface area (Å²) < 4.78 is 0. The van der Waals surface area contributed by atoms with E-state index in [1.165, 1.54) is 0 Å². The minimum absolute atomic E-state index is 0.0228. The van der Waals surface area contributed by atoms with Gasteiger partial charge in [-0.05, 0) is 30.0 Å². The highest BCUT2D eigenvalue weighted by Crippen LogP contribution is 2.26. The molecule has 2 aromatic rings. The molecular weight excluding hydrogens is 244 g/mol. The Hall–Kier alpha value is -2.15. The summed E-state index contributed by atoms with van der Waals surface area (Å²) in [4.78, 5) is 11.7. The molecule has 0 aliphatic rings. The Morgan fingerprint density at radius 3 is 1.75 bits per heavy atom. The van der Waals surface area contributed by atoms with Crippen LogP contribution in [-0.4, -0.2) is 5.78 Å². The number of hydrogen-bond donors (Lipinski definition) is 0. The third-order valence-corrected chi connectivity index (χ3v) is 3.50. The molecule has 0 spiro atoms. The van der Waals surface area contributed by atoms with E-state index >= 15 is 0 Å². The molecule has 0 N–H and O–H groups in total. The fraction of sp³-hybridized carbons (Fsp3) is 0.211. The van der Waals surface area contributed by atoms with Gasteiger partial charge < -0.3 is 0 Å². The highest BCUT2D eigenvalue weighted by atomic mass is 16.1. The Morgan fingerprint density at radius 2 is 1.40 bits per heavy atom. The third kappa shape index (κ3) is 3.45. The second-order valence-corrected chi connectivity index (χ2v) is 4.94. The summed E-state index contributed by atoms with van der Waals surface area (Å²) in [7, 11) is 0. The predicted molar refractivity (Wildman–Crippen MR) is 84.4 cm³/mol. The molecule has 0 radical (unpaired) electrons. The average Bonchev–Trinajstić information content (AvgIpc) is 2.50. The number of rotatable bonds is 5. The van der Waals surface area contributed by atoms with Gasteiger partial charge in [0.1, 0.15) is 5.78 Å². The molecule has 0 heterocycles. The predicted octanol–water partition coefficient (Wildman–Crippen LogP) is 4.73. The minimum atomic E-state index is -0.0228. The van der Waals surface area contributed by atoms with Gasteiger partial charge in [-0.1, -0.05) is 73.7 Å². The van der Waals surface area contributed by atoms with Crippen LogP contribution >= 0.6 is 0 Å². The van der Waals surface area contributed by atoms with Gasteiger partial charge in [0.15, 0.2) is 0 Å². The molecule has 0 bridgehead atoms. The molecule has 0 aliphatic carbocycles. The molecule has 0 saturated carbocycles. The molecule has 1 unspecified atom stereocenters. The van der Waals surface area contributed by atoms with Gasteiger partial charge in [0.2, 0.25) is 0 Å². The Labute approximate surface area is 121 Å². The fourth-order valence-electron chi connectivity index (χ4n) is 2.32. The van der Waals surface area contributed by atoms with E-state index in [0.717, 1.165) is 23.1 Å². The lowest BCUT2D eigenvalue weighted by molar-refractivity contribution is -0.119. The highest BCUT2D eigenvalue weighted by molar-refractivity contribution is 5.86. The molecule has 1 heteroatoms. The summed E-state index contributed by atoms with van der Waals surface area (Å²) >= 11 is 0. The van der Waals surface area contributed by atoms with Crippen molar-refractivity contribution in [1.82, 2.24) is 0 Å². The van der Waals surface area contributed by atoms with Crippen LogP contribution in [0.15, 0.2) is 66.7 Å². The first kappa shape index (κ1) is 14.3. The van der Waals surface area contributed by atoms with E-state index in [0.29, 0.717) is 0 Å². The molecule has 0 aromatic heterocycles. The van der Waals surface area contributed by atoms with Crippen molar-refractivity contribution in [3.05, 3.63) is 77.9 Å². The van der Waals surface area contributed by atoms with Crippen molar-refractivity contribution in [2.45, 2.75) is 20.3 Å². The maximum atomic E-state index is 11.7. The molecule has 2 aromatic carbocycles. The minimum Gasteiger partial charge on any atom is -0.299 e. The second-order valence-electron chi connectivity index (χ2n) is 4.94. The van der Waals surface area contributed by atoms with Crippen molar-refractivity contribution >= 4 is 11.4 Å². The maximum Gasteiger partial charge on any atom is 0.136 e. The van der Waals surface area contributed by atoms with Crippen molar-refractivity contribution in [3.8, 4) is 0 Å². The lowest BCUT2D eigenvalue weighted by Gasteiger charge is -2.12. The monoisotopic (exact) mass is 264 g/mol. The van der Waals surface area contributed by atoms with E-state index in [9.17, 15) is 4.79 Å². The van der Waals surface area contributed by atoms with Crippen LogP contribution in [0.25, 0.3) is 5.57 Å². The molecule has 1 nitrogen and oxygen atoms in total. The zero-order chi connectivity index (χ0) is 14.4. The largest absolute Gasteiger partial charge is 0.299 e. The SMILES string of the molecule is CCC(C=C(c1ccccc1)c1ccccc1)C(C)=O. The van der Waals surface area contributed by atoms with Gasteiger partial charge in [0, 0.05) is 5.92 Å². The van der Waals surface area contributed by atoms with Gasteiger partial charge in [-0.2, -0.15) is 0 Å². The number of carbonyl (C=O) groups is 1. The Balaban J connectivity index is 2.50. The molecule has 0 fully saturated rings. The van der Waals surface area contributed by atoms with Gasteiger partial charge in [0.05, 0.1) is 0 Å². The van der Waals surface area contributed by atoms with Crippen LogP contribution < -0.4 is 0 Å². The van der Waals surface area contributed by atoms with Gasteiger partial charge in [0.25, 0.3) is 0 Å². The molecule has 0 aliphatic heterocycles. The van der Waals surface area contributed by atoms with Gasteiger partial charge in [-0.15, -0.1) is 0 Å². The standard InChI is InChI=1S/C19H20O/c1-3-16(15(2)20)14-19(17-10-6-4-7-11-17)18-12-8-5-9-13-18/h4-14,16H,3H2,1-2H3. The third-order valence-electron chi connectivity index (χ3n) is 3.50. The molecule has 0 saturated heterocycles. The average molecular weight is 264 g/mol. The van der Waals surface area contributed by atoms with Crippen LogP contribution in [0.1, 0.15) is 31.4 Å². The number of Topliss-reactive ketones (excluding diaryl/α,β-unsaturated/α-hetero) is 1. The molecule has 20 heavy (non-hydrogen) atoms. The lowest BCUT2D eigenvalue weighted by Crippen LogP contribution is -2.07. The number of benzene rings is 2. The van der Waals surface area contributed by atoms with E-state index in [1.807, 2.05) is 36.4 Å². The lowest BCUT2D eigenvalue weighted by atomic mass is 9.91. The smallest absolute Gasteiger partial charge is 0.136 e. The summed E-state index contributed by atoms with van der Waals surface area (Å²) in [6.45, 7) is 3.72. The van der Waals surface area contributed by atoms with E-state index in [1.54, 1.807) is 6.92 Å². The zero-order valence-corrected chi connectivity index (χ0v) is 12.0. The second kappa shape index (κ2) is 6.85. The number of allylic oxidation sites excluding steroid dienone is 1. The first-order chi connectivity index (χ1) is 9.72. The van der Waals surface area contributed by atoms with Crippen molar-refractivity contribution in [2.24, 2.45) is 5.92 Å². The van der Waals surface area contributed by atoms with Gasteiger partial charge >= 0.3 is 0 Å². The van der Waals surface area contributed by atoms with Crippen molar-refractivity contribution in [3.63, 3.8) is 0 Å². The van der Waals surface area contributed by atoms with Crippen LogP contribution in [-0.2, 0) is 4.79 Å². The molecule has 102 valence electrons. The Bertz CT molecular complexity index is 540. The summed E-state index contributed by atoms with van der Waals surface area (Å²) in [6.07, 6.45) is 2.94. The van der Waals surface area contributed by atoms with E-state index in [2.05, 4.69) is 37.3 Å². The quantitative estimate of drug-likeness (QED) is 0.762. The Morgan fingerprint density at radius 1 is 0.950 bits per heavy atom. The molecule has 1 atom stereocenters. The first-order valence-electron chi connectivity index (χ1n) is 7.05. The number of ketones is 1. The first-order valence-corrected chi connectivity index (χ1v) is 7.05. The van der Waals surface area contributed by atoms with Crippen molar-refractivity contribution in [2.75, 3.05) is 0 Å². The van der Waals surface area contributed by atoms with Crippen LogP contribution in [0.3, 0.4) is 0 Å². The van der Waals surface area contributed by atoms with E-state index in [-0.39, 0.29) is 11.7 Å². The van der Waals surface area contributed by atoms with E-state index in [4.69, 9.17) is 0 Å². The van der Waals surface area contributed by atoms with Gasteiger partial charge in [-0.25, -0.2) is 0 Å². The highest BCUT2D eigenvalue weighted by Gasteiger charge is 2.12. The summed E-state index contributed by atoms with van der Waals surface area (Å²) in [6, 6.07) is 20.5. The number of hydrogen-bond acceptors (Lipinski definition) is 1. The molecule has 0 amide bonds. The topological polar surface area (TPSA) is 17.1 Å². The molecule has 2 rings (SSSR count). The molecular formula is C19H20O. The Kier molecular flexibility index (Phi) is 4.89. The number of carbonyl (C=O) groups excluding carboxylic acids is 1. The van der Waals surface area contributed by atoms with Gasteiger partial charge in [-0.3, -0.25) is 4.79 Å². The normalized spacial score (nSPS) is 11.7. The van der Waals surface area contributed by atoms with Crippen LogP contribution in [0, 0.1) is 5.92 Å². The van der Waals surface area contributed by atoms with Crippen molar-refractivity contribution in [1.29, 1.82) is 0 Å². The fourth-order valence-corrected chi connectivity index (χ4v) is 2.32. The summed E-state index contributed by atoms with van der Waals surface area (Å²) in [5, 5.41) is 0. The van der Waals surface area contributed by atoms with Crippen LogP contribution in [0.5, 0.6) is 0 Å². The zero-order valence-electron chi connectivity index (χ0n) is 12.0. The van der Waals surface area contributed by atoms with Crippen molar-refractivity contribution < 1.29 is 4.79 Å². The summed E-state index contributed by atoms with van der Waals surface area (Å²) in [5.41, 5.74) is 3.44. The van der Waals surface area contributed by atoms with Crippen LogP contribution in [0.2, 0.25) is 0 Å². The van der Waals surface area contributed by atoms with Crippen LogP contribution in [0.4, 0.5) is 0 Å². The summed E-state index contributed by atoms with van der Waals surface area (Å²) in [5.74, 6) is 0.197. The van der Waals surface area contributed by atoms with E-state index < -0.39 is 0 Å².